The van der Waals surface area contributed by atoms with E-state index < -0.39 is 30.5 Å². The molecule has 8 nitrogen and oxygen atoms in total. The average molecular weight is 367 g/mol. The largest absolute Gasteiger partial charge is 0.497 e. The van der Waals surface area contributed by atoms with Crippen LogP contribution in [-0.2, 0) is 19.1 Å². The third kappa shape index (κ3) is 5.65. The van der Waals surface area contributed by atoms with Crippen LogP contribution in [0.4, 0.5) is 0 Å². The maximum Gasteiger partial charge on any atom is 0.342 e. The summed E-state index contributed by atoms with van der Waals surface area (Å²) < 4.78 is 19.9. The second kappa shape index (κ2) is 10.3. The minimum atomic E-state index is -0.799. The molecule has 0 saturated carbocycles. The van der Waals surface area contributed by atoms with Crippen LogP contribution in [0.2, 0.25) is 0 Å². The van der Waals surface area contributed by atoms with Crippen LogP contribution in [-0.4, -0.2) is 51.8 Å². The Kier molecular flexibility index (Phi) is 8.41. The molecule has 0 heterocycles. The Morgan fingerprint density at radius 1 is 1.12 bits per heavy atom. The number of carbonyl (C=O) groups is 3. The van der Waals surface area contributed by atoms with Crippen molar-refractivity contribution in [3.63, 3.8) is 0 Å². The number of esters is 2. The lowest BCUT2D eigenvalue weighted by molar-refractivity contribution is -0.147. The lowest BCUT2D eigenvalue weighted by Crippen LogP contribution is -2.47. The highest BCUT2D eigenvalue weighted by atomic mass is 16.5. The normalized spacial score (nSPS) is 12.5. The number of methoxy groups -OCH3 is 3. The van der Waals surface area contributed by atoms with E-state index in [4.69, 9.17) is 18.9 Å². The van der Waals surface area contributed by atoms with E-state index in [9.17, 15) is 14.4 Å². The Labute approximate surface area is 152 Å². The lowest BCUT2D eigenvalue weighted by Gasteiger charge is -2.21. The van der Waals surface area contributed by atoms with Gasteiger partial charge in [0.15, 0.2) is 6.61 Å². The Balaban J connectivity index is 2.71. The van der Waals surface area contributed by atoms with Gasteiger partial charge in [-0.1, -0.05) is 20.3 Å². The number of ether oxygens (including phenoxy) is 4. The Morgan fingerprint density at radius 3 is 2.35 bits per heavy atom. The zero-order valence-corrected chi connectivity index (χ0v) is 15.7. The van der Waals surface area contributed by atoms with Gasteiger partial charge < -0.3 is 24.3 Å². The topological polar surface area (TPSA) is 100 Å². The number of hydrogen-bond donors (Lipinski definition) is 1. The molecule has 0 radical (unpaired) electrons. The van der Waals surface area contributed by atoms with E-state index in [-0.39, 0.29) is 17.2 Å². The number of hydrogen-bond acceptors (Lipinski definition) is 7. The highest BCUT2D eigenvalue weighted by Gasteiger charge is 2.27. The first kappa shape index (κ1) is 21.3. The molecule has 1 aromatic carbocycles. The summed E-state index contributed by atoms with van der Waals surface area (Å²) in [6, 6.07) is 3.79. The maximum atomic E-state index is 12.2. The first-order valence-corrected chi connectivity index (χ1v) is 8.14. The highest BCUT2D eigenvalue weighted by molar-refractivity contribution is 5.94. The molecule has 1 N–H and O–H groups in total. The Hall–Kier alpha value is -2.77. The first-order valence-electron chi connectivity index (χ1n) is 8.14. The molecule has 1 amide bonds. The van der Waals surface area contributed by atoms with Crippen molar-refractivity contribution in [3.8, 4) is 11.5 Å². The molecular weight excluding hydrogens is 342 g/mol. The van der Waals surface area contributed by atoms with E-state index in [0.717, 1.165) is 0 Å². The highest BCUT2D eigenvalue weighted by Crippen LogP contribution is 2.25. The molecule has 1 aromatic rings. The van der Waals surface area contributed by atoms with Gasteiger partial charge in [0.25, 0.3) is 5.91 Å². The van der Waals surface area contributed by atoms with Crippen LogP contribution in [0.5, 0.6) is 11.5 Å². The van der Waals surface area contributed by atoms with Crippen LogP contribution in [0.1, 0.15) is 30.6 Å². The van der Waals surface area contributed by atoms with Gasteiger partial charge >= 0.3 is 11.9 Å². The van der Waals surface area contributed by atoms with Gasteiger partial charge in [-0.2, -0.15) is 0 Å². The molecule has 1 rings (SSSR count). The molecule has 0 aliphatic rings. The number of nitrogens with one attached hydrogen (secondary N) is 1. The Morgan fingerprint density at radius 2 is 1.81 bits per heavy atom. The number of benzene rings is 1. The van der Waals surface area contributed by atoms with E-state index >= 15 is 0 Å². The fourth-order valence-electron chi connectivity index (χ4n) is 2.19. The minimum absolute atomic E-state index is 0.121. The van der Waals surface area contributed by atoms with Crippen LogP contribution in [0, 0.1) is 5.92 Å². The predicted octanol–water partition coefficient (Wildman–Crippen LogP) is 1.56. The predicted molar refractivity (Wildman–Crippen MR) is 93.2 cm³/mol. The van der Waals surface area contributed by atoms with Gasteiger partial charge in [-0.25, -0.2) is 9.59 Å². The summed E-state index contributed by atoms with van der Waals surface area (Å²) in [6.45, 7) is 3.18. The third-order valence-corrected chi connectivity index (χ3v) is 3.95. The van der Waals surface area contributed by atoms with Crippen molar-refractivity contribution in [2.45, 2.75) is 26.3 Å². The molecule has 0 aliphatic carbocycles. The molecule has 0 aliphatic heterocycles. The van der Waals surface area contributed by atoms with Crippen molar-refractivity contribution in [3.05, 3.63) is 23.8 Å². The van der Waals surface area contributed by atoms with Crippen LogP contribution < -0.4 is 14.8 Å². The minimum Gasteiger partial charge on any atom is -0.497 e. The smallest absolute Gasteiger partial charge is 0.342 e. The Bertz CT molecular complexity index is 644. The molecule has 0 saturated heterocycles. The van der Waals surface area contributed by atoms with Crippen molar-refractivity contribution in [1.29, 1.82) is 0 Å². The number of rotatable bonds is 9. The summed E-state index contributed by atoms with van der Waals surface area (Å²) in [5.74, 6) is -1.20. The lowest BCUT2D eigenvalue weighted by atomic mass is 9.99. The SMILES string of the molecule is CC[C@@H](C)[C@@H](NC(=O)COC(=O)c1ccc(OC)cc1OC)C(=O)OC. The summed E-state index contributed by atoms with van der Waals surface area (Å²) >= 11 is 0. The molecule has 0 spiro atoms. The van der Waals surface area contributed by atoms with Crippen molar-refractivity contribution >= 4 is 17.8 Å². The standard InChI is InChI=1S/C18H25NO7/c1-6-11(2)16(18(22)25-5)19-15(20)10-26-17(21)13-8-7-12(23-3)9-14(13)24-4/h7-9,11,16H,6,10H2,1-5H3,(H,19,20)/t11-,16-/m1/s1. The fraction of sp³-hybridized carbons (Fsp3) is 0.500. The molecule has 144 valence electrons. The molecule has 0 fully saturated rings. The third-order valence-electron chi connectivity index (χ3n) is 3.95. The van der Waals surface area contributed by atoms with E-state index in [2.05, 4.69) is 5.32 Å². The van der Waals surface area contributed by atoms with E-state index in [1.54, 1.807) is 6.07 Å². The summed E-state index contributed by atoms with van der Waals surface area (Å²) in [6.07, 6.45) is 0.670. The molecule has 2 atom stereocenters. The molecular formula is C18H25NO7. The number of amides is 1. The van der Waals surface area contributed by atoms with E-state index in [1.165, 1.54) is 33.5 Å². The van der Waals surface area contributed by atoms with Gasteiger partial charge in [0.05, 0.1) is 21.3 Å². The second-order valence-corrected chi connectivity index (χ2v) is 5.60. The van der Waals surface area contributed by atoms with Gasteiger partial charge in [0.1, 0.15) is 23.1 Å². The summed E-state index contributed by atoms with van der Waals surface area (Å²) in [7, 11) is 4.15. The maximum absolute atomic E-state index is 12.2. The summed E-state index contributed by atoms with van der Waals surface area (Å²) in [5, 5.41) is 2.53. The zero-order valence-electron chi connectivity index (χ0n) is 15.7. The second-order valence-electron chi connectivity index (χ2n) is 5.60. The van der Waals surface area contributed by atoms with Gasteiger partial charge in [-0.3, -0.25) is 4.79 Å². The fourth-order valence-corrected chi connectivity index (χ4v) is 2.19. The summed E-state index contributed by atoms with van der Waals surface area (Å²) in [5.41, 5.74) is 0.160. The van der Waals surface area contributed by atoms with Crippen LogP contribution in [0.3, 0.4) is 0 Å². The van der Waals surface area contributed by atoms with Crippen LogP contribution >= 0.6 is 0 Å². The van der Waals surface area contributed by atoms with Crippen molar-refractivity contribution in [1.82, 2.24) is 5.32 Å². The zero-order chi connectivity index (χ0) is 19.7. The number of carbonyl (C=O) groups excluding carboxylic acids is 3. The van der Waals surface area contributed by atoms with Crippen molar-refractivity contribution in [2.24, 2.45) is 5.92 Å². The molecule has 0 bridgehead atoms. The molecule has 8 heteroatoms. The van der Waals surface area contributed by atoms with Gasteiger partial charge in [-0.05, 0) is 18.1 Å². The first-order chi connectivity index (χ1) is 12.4. The van der Waals surface area contributed by atoms with E-state index in [0.29, 0.717) is 12.2 Å². The van der Waals surface area contributed by atoms with Gasteiger partial charge in [-0.15, -0.1) is 0 Å². The van der Waals surface area contributed by atoms with E-state index in [1.807, 2.05) is 13.8 Å². The molecule has 0 aromatic heterocycles. The van der Waals surface area contributed by atoms with Crippen LogP contribution in [0.15, 0.2) is 18.2 Å². The van der Waals surface area contributed by atoms with Crippen LogP contribution in [0.25, 0.3) is 0 Å². The monoisotopic (exact) mass is 367 g/mol. The molecule has 0 unspecified atom stereocenters. The van der Waals surface area contributed by atoms with Gasteiger partial charge in [0.2, 0.25) is 0 Å². The molecule has 26 heavy (non-hydrogen) atoms. The quantitative estimate of drug-likeness (QED) is 0.661. The van der Waals surface area contributed by atoms with Gasteiger partial charge in [0, 0.05) is 6.07 Å². The average Bonchev–Trinajstić information content (AvgIpc) is 2.68. The summed E-state index contributed by atoms with van der Waals surface area (Å²) in [4.78, 5) is 36.0. The van der Waals surface area contributed by atoms with Crippen molar-refractivity contribution < 1.29 is 33.3 Å². The van der Waals surface area contributed by atoms with Crippen molar-refractivity contribution in [2.75, 3.05) is 27.9 Å².